The first-order chi connectivity index (χ1) is 12.6. The summed E-state index contributed by atoms with van der Waals surface area (Å²) in [5.41, 5.74) is 1.34. The first kappa shape index (κ1) is 17.0. The van der Waals surface area contributed by atoms with E-state index < -0.39 is 0 Å². The molecule has 0 spiro atoms. The molecular weight excluding hydrogens is 352 g/mol. The lowest BCUT2D eigenvalue weighted by atomic mass is 10.1. The average molecular weight is 372 g/mol. The van der Waals surface area contributed by atoms with Crippen molar-refractivity contribution >= 4 is 22.2 Å². The van der Waals surface area contributed by atoms with Crippen LogP contribution in [-0.2, 0) is 17.8 Å². The van der Waals surface area contributed by atoms with Crippen molar-refractivity contribution in [1.82, 2.24) is 19.3 Å². The summed E-state index contributed by atoms with van der Waals surface area (Å²) in [5, 5.41) is 4.77. The molecule has 4 heterocycles. The number of amides is 1. The summed E-state index contributed by atoms with van der Waals surface area (Å²) < 4.78 is 9.08. The number of thiazole rings is 1. The Morgan fingerprint density at radius 2 is 2.35 bits per heavy atom. The lowest BCUT2D eigenvalue weighted by Crippen LogP contribution is -2.35. The van der Waals surface area contributed by atoms with Gasteiger partial charge in [0.25, 0.3) is 11.5 Å². The first-order valence-electron chi connectivity index (χ1n) is 8.63. The van der Waals surface area contributed by atoms with Gasteiger partial charge in [-0.3, -0.25) is 14.0 Å². The van der Waals surface area contributed by atoms with Crippen LogP contribution in [0.5, 0.6) is 0 Å². The summed E-state index contributed by atoms with van der Waals surface area (Å²) in [5.74, 6) is -0.370. The molecule has 1 atom stereocenters. The molecule has 7 nitrogen and oxygen atoms in total. The second kappa shape index (κ2) is 7.05. The highest BCUT2D eigenvalue weighted by molar-refractivity contribution is 7.15. The van der Waals surface area contributed by atoms with Crippen molar-refractivity contribution in [3.05, 3.63) is 57.2 Å². The van der Waals surface area contributed by atoms with E-state index in [9.17, 15) is 9.59 Å². The van der Waals surface area contributed by atoms with E-state index in [4.69, 9.17) is 4.74 Å². The number of ether oxygens (including phenoxy) is 1. The van der Waals surface area contributed by atoms with Crippen molar-refractivity contribution in [1.29, 1.82) is 0 Å². The number of nitrogens with one attached hydrogen (secondary N) is 1. The molecule has 0 aliphatic carbocycles. The second-order valence-corrected chi connectivity index (χ2v) is 7.35. The molecule has 1 aliphatic rings. The maximum atomic E-state index is 12.8. The number of pyridine rings is 1. The zero-order valence-electron chi connectivity index (χ0n) is 14.5. The van der Waals surface area contributed by atoms with Crippen LogP contribution < -0.4 is 10.9 Å². The molecule has 1 unspecified atom stereocenters. The van der Waals surface area contributed by atoms with Crippen molar-refractivity contribution < 1.29 is 9.53 Å². The molecule has 1 amide bonds. The van der Waals surface area contributed by atoms with Crippen LogP contribution in [0.1, 0.15) is 34.5 Å². The predicted molar refractivity (Wildman–Crippen MR) is 98.7 cm³/mol. The van der Waals surface area contributed by atoms with Gasteiger partial charge in [-0.1, -0.05) is 0 Å². The molecular formula is C18H20N4O3S. The normalized spacial score (nSPS) is 17.0. The topological polar surface area (TPSA) is 77.6 Å². The number of imidazole rings is 1. The van der Waals surface area contributed by atoms with Crippen LogP contribution >= 0.6 is 11.3 Å². The fraction of sp³-hybridized carbons (Fsp3) is 0.389. The molecule has 1 aliphatic heterocycles. The Morgan fingerprint density at radius 1 is 1.46 bits per heavy atom. The van der Waals surface area contributed by atoms with Crippen molar-refractivity contribution in [2.75, 3.05) is 6.61 Å². The van der Waals surface area contributed by atoms with Crippen LogP contribution in [0.15, 0.2) is 34.8 Å². The molecule has 3 aromatic heterocycles. The van der Waals surface area contributed by atoms with Gasteiger partial charge >= 0.3 is 0 Å². The minimum absolute atomic E-state index is 0.0461. The molecule has 0 radical (unpaired) electrons. The summed E-state index contributed by atoms with van der Waals surface area (Å²) >= 11 is 1.53. The molecule has 8 heteroatoms. The van der Waals surface area contributed by atoms with Crippen molar-refractivity contribution in [2.24, 2.45) is 0 Å². The molecule has 3 aromatic rings. The largest absolute Gasteiger partial charge is 0.376 e. The monoisotopic (exact) mass is 372 g/mol. The first-order valence-corrected chi connectivity index (χ1v) is 9.50. The fourth-order valence-electron chi connectivity index (χ4n) is 3.21. The average Bonchev–Trinajstić information content (AvgIpc) is 3.33. The van der Waals surface area contributed by atoms with Crippen LogP contribution in [-0.4, -0.2) is 32.6 Å². The lowest BCUT2D eigenvalue weighted by Gasteiger charge is -2.14. The summed E-state index contributed by atoms with van der Waals surface area (Å²) in [6.45, 7) is 3.28. The quantitative estimate of drug-likeness (QED) is 0.743. The number of fused-ring (bicyclic) bond motifs is 1. The third-order valence-corrected chi connectivity index (χ3v) is 5.37. The summed E-state index contributed by atoms with van der Waals surface area (Å²) in [4.78, 5) is 30.7. The molecule has 0 bridgehead atoms. The zero-order valence-corrected chi connectivity index (χ0v) is 15.3. The Balaban J connectivity index is 1.50. The van der Waals surface area contributed by atoms with Crippen LogP contribution in [0.25, 0.3) is 4.96 Å². The number of rotatable bonds is 5. The molecule has 1 saturated heterocycles. The Hall–Kier alpha value is -2.45. The smallest absolute Gasteiger partial charge is 0.263 e. The Morgan fingerprint density at radius 3 is 3.12 bits per heavy atom. The third kappa shape index (κ3) is 3.30. The van der Waals surface area contributed by atoms with E-state index in [1.807, 2.05) is 22.2 Å². The van der Waals surface area contributed by atoms with Gasteiger partial charge in [0, 0.05) is 30.6 Å². The van der Waals surface area contributed by atoms with E-state index in [2.05, 4.69) is 10.3 Å². The predicted octanol–water partition coefficient (Wildman–Crippen LogP) is 1.97. The third-order valence-electron chi connectivity index (χ3n) is 4.60. The van der Waals surface area contributed by atoms with Crippen molar-refractivity contribution in [2.45, 2.75) is 39.0 Å². The van der Waals surface area contributed by atoms with E-state index >= 15 is 0 Å². The molecule has 1 N–H and O–H groups in total. The minimum Gasteiger partial charge on any atom is -0.376 e. The number of carbonyl (C=O) groups is 1. The fourth-order valence-corrected chi connectivity index (χ4v) is 3.93. The van der Waals surface area contributed by atoms with Crippen molar-refractivity contribution in [3.8, 4) is 0 Å². The van der Waals surface area contributed by atoms with E-state index in [1.54, 1.807) is 23.8 Å². The maximum Gasteiger partial charge on any atom is 0.263 e. The Labute approximate surface area is 154 Å². The molecule has 4 rings (SSSR count). The van der Waals surface area contributed by atoms with Gasteiger partial charge in [-0.2, -0.15) is 0 Å². The SMILES string of the molecule is Cc1ccn(CC2CCCO2)c(=O)c1C(=O)NCc1cn2ccsc2n1. The molecule has 1 fully saturated rings. The van der Waals surface area contributed by atoms with Gasteiger partial charge < -0.3 is 14.6 Å². The highest BCUT2D eigenvalue weighted by Gasteiger charge is 2.20. The van der Waals surface area contributed by atoms with E-state index in [1.165, 1.54) is 11.3 Å². The summed E-state index contributed by atoms with van der Waals surface area (Å²) in [6, 6.07) is 1.80. The number of nitrogens with zero attached hydrogens (tertiary/aromatic N) is 3. The Kier molecular flexibility index (Phi) is 4.60. The highest BCUT2D eigenvalue weighted by Crippen LogP contribution is 2.14. The Bertz CT molecular complexity index is 969. The van der Waals surface area contributed by atoms with E-state index in [0.717, 1.165) is 30.1 Å². The van der Waals surface area contributed by atoms with Crippen LogP contribution in [0, 0.1) is 6.92 Å². The molecule has 0 aromatic carbocycles. The van der Waals surface area contributed by atoms with Crippen LogP contribution in [0.4, 0.5) is 0 Å². The lowest BCUT2D eigenvalue weighted by molar-refractivity contribution is 0.0928. The van der Waals surface area contributed by atoms with E-state index in [0.29, 0.717) is 12.1 Å². The van der Waals surface area contributed by atoms with Crippen molar-refractivity contribution in [3.63, 3.8) is 0 Å². The number of carbonyl (C=O) groups excluding carboxylic acids is 1. The second-order valence-electron chi connectivity index (χ2n) is 6.47. The zero-order chi connectivity index (χ0) is 18.1. The van der Waals surface area contributed by atoms with Gasteiger partial charge in [0.2, 0.25) is 0 Å². The number of aromatic nitrogens is 3. The number of aryl methyl sites for hydroxylation is 1. The maximum absolute atomic E-state index is 12.8. The van der Waals surface area contributed by atoms with Gasteiger partial charge in [-0.25, -0.2) is 4.98 Å². The minimum atomic E-state index is -0.370. The van der Waals surface area contributed by atoms with Crippen LogP contribution in [0.2, 0.25) is 0 Å². The van der Waals surface area contributed by atoms with Gasteiger partial charge in [0.15, 0.2) is 4.96 Å². The van der Waals surface area contributed by atoms with Gasteiger partial charge in [0.1, 0.15) is 5.56 Å². The van der Waals surface area contributed by atoms with Crippen LogP contribution in [0.3, 0.4) is 0 Å². The number of hydrogen-bond acceptors (Lipinski definition) is 5. The van der Waals surface area contributed by atoms with E-state index in [-0.39, 0.29) is 29.7 Å². The van der Waals surface area contributed by atoms with Gasteiger partial charge in [0.05, 0.1) is 24.9 Å². The summed E-state index contributed by atoms with van der Waals surface area (Å²) in [6.07, 6.45) is 7.53. The molecule has 0 saturated carbocycles. The number of hydrogen-bond donors (Lipinski definition) is 1. The van der Waals surface area contributed by atoms with Gasteiger partial charge in [-0.15, -0.1) is 11.3 Å². The van der Waals surface area contributed by atoms with Gasteiger partial charge in [-0.05, 0) is 31.4 Å². The molecule has 26 heavy (non-hydrogen) atoms. The highest BCUT2D eigenvalue weighted by atomic mass is 32.1. The molecule has 136 valence electrons. The standard InChI is InChI=1S/C18H20N4O3S/c1-12-4-5-21(11-14-3-2-7-25-14)17(24)15(12)16(23)19-9-13-10-22-6-8-26-18(22)20-13/h4-6,8,10,14H,2-3,7,9,11H2,1H3,(H,19,23). The summed E-state index contributed by atoms with van der Waals surface area (Å²) in [7, 11) is 0.